The van der Waals surface area contributed by atoms with Gasteiger partial charge in [-0.25, -0.2) is 9.59 Å². The predicted octanol–water partition coefficient (Wildman–Crippen LogP) is 2.12. The highest BCUT2D eigenvalue weighted by atomic mass is 16.4. The van der Waals surface area contributed by atoms with E-state index in [1.54, 1.807) is 0 Å². The Morgan fingerprint density at radius 1 is 1.12 bits per heavy atom. The van der Waals surface area contributed by atoms with Crippen molar-refractivity contribution in [2.24, 2.45) is 0 Å². The summed E-state index contributed by atoms with van der Waals surface area (Å²) in [6.45, 7) is 5.90. The molecule has 5 nitrogen and oxygen atoms in total. The number of hydrogen-bond donors (Lipinski definition) is 3. The molecule has 0 aliphatic carbocycles. The van der Waals surface area contributed by atoms with E-state index in [1.807, 2.05) is 13.8 Å². The first-order valence-corrected chi connectivity index (χ1v) is 6.31. The maximum absolute atomic E-state index is 11.5. The Hall–Kier alpha value is -1.26. The Labute approximate surface area is 103 Å². The van der Waals surface area contributed by atoms with Gasteiger partial charge in [-0.15, -0.1) is 0 Å². The summed E-state index contributed by atoms with van der Waals surface area (Å²) in [5.74, 6) is -0.983. The van der Waals surface area contributed by atoms with Crippen molar-refractivity contribution in [1.82, 2.24) is 10.6 Å². The van der Waals surface area contributed by atoms with E-state index in [-0.39, 0.29) is 6.04 Å². The third-order valence-electron chi connectivity index (χ3n) is 2.55. The highest BCUT2D eigenvalue weighted by molar-refractivity contribution is 5.82. The normalized spacial score (nSPS) is 13.8. The smallest absolute Gasteiger partial charge is 0.326 e. The minimum Gasteiger partial charge on any atom is -0.480 e. The van der Waals surface area contributed by atoms with Gasteiger partial charge >= 0.3 is 12.0 Å². The molecule has 0 heterocycles. The lowest BCUT2D eigenvalue weighted by Gasteiger charge is -2.17. The van der Waals surface area contributed by atoms with Crippen molar-refractivity contribution >= 4 is 12.0 Å². The van der Waals surface area contributed by atoms with E-state index in [4.69, 9.17) is 5.11 Å². The second-order valence-corrected chi connectivity index (χ2v) is 4.34. The molecule has 2 amide bonds. The van der Waals surface area contributed by atoms with Crippen LogP contribution < -0.4 is 10.6 Å². The van der Waals surface area contributed by atoms with E-state index >= 15 is 0 Å². The Morgan fingerprint density at radius 2 is 1.76 bits per heavy atom. The van der Waals surface area contributed by atoms with Gasteiger partial charge in [0.25, 0.3) is 0 Å². The summed E-state index contributed by atoms with van der Waals surface area (Å²) in [4.78, 5) is 22.4. The van der Waals surface area contributed by atoms with E-state index in [0.717, 1.165) is 25.7 Å². The van der Waals surface area contributed by atoms with Gasteiger partial charge in [0, 0.05) is 6.04 Å². The van der Waals surface area contributed by atoms with Gasteiger partial charge in [-0.05, 0) is 19.8 Å². The Morgan fingerprint density at radius 3 is 2.24 bits per heavy atom. The molecule has 0 rings (SSSR count). The van der Waals surface area contributed by atoms with Gasteiger partial charge in [0.2, 0.25) is 0 Å². The molecule has 0 aliphatic rings. The van der Waals surface area contributed by atoms with Gasteiger partial charge in [0.15, 0.2) is 0 Å². The largest absolute Gasteiger partial charge is 0.480 e. The van der Waals surface area contributed by atoms with Crippen molar-refractivity contribution < 1.29 is 14.7 Å². The van der Waals surface area contributed by atoms with Crippen molar-refractivity contribution in [3.63, 3.8) is 0 Å². The van der Waals surface area contributed by atoms with Crippen LogP contribution in [0.4, 0.5) is 4.79 Å². The molecule has 0 saturated carbocycles. The molecule has 0 radical (unpaired) electrons. The molecule has 1 unspecified atom stereocenters. The van der Waals surface area contributed by atoms with Crippen LogP contribution in [0, 0.1) is 0 Å². The summed E-state index contributed by atoms with van der Waals surface area (Å²) in [6.07, 6.45) is 4.23. The zero-order chi connectivity index (χ0) is 13.3. The lowest BCUT2D eigenvalue weighted by molar-refractivity contribution is -0.139. The number of rotatable bonds is 8. The monoisotopic (exact) mass is 244 g/mol. The van der Waals surface area contributed by atoms with Crippen LogP contribution in [0.5, 0.6) is 0 Å². The molecular formula is C12H24N2O3. The molecule has 0 aromatic carbocycles. The molecular weight excluding hydrogens is 220 g/mol. The Bertz CT molecular complexity index is 244. The van der Waals surface area contributed by atoms with E-state index in [2.05, 4.69) is 17.6 Å². The number of amides is 2. The fourth-order valence-electron chi connectivity index (χ4n) is 1.55. The van der Waals surface area contributed by atoms with Crippen molar-refractivity contribution in [3.8, 4) is 0 Å². The second-order valence-electron chi connectivity index (χ2n) is 4.34. The molecule has 0 aromatic heterocycles. The third-order valence-corrected chi connectivity index (χ3v) is 2.55. The number of carboxylic acids is 1. The average Bonchev–Trinajstić information content (AvgIpc) is 2.25. The first-order valence-electron chi connectivity index (χ1n) is 6.31. The molecule has 0 spiro atoms. The van der Waals surface area contributed by atoms with E-state index in [0.29, 0.717) is 6.42 Å². The lowest BCUT2D eigenvalue weighted by Crippen LogP contribution is -2.48. The van der Waals surface area contributed by atoms with Gasteiger partial charge < -0.3 is 15.7 Å². The lowest BCUT2D eigenvalue weighted by atomic mass is 10.1. The Balaban J connectivity index is 4.00. The predicted molar refractivity (Wildman–Crippen MR) is 67.0 cm³/mol. The third kappa shape index (κ3) is 7.60. The fourth-order valence-corrected chi connectivity index (χ4v) is 1.55. The van der Waals surface area contributed by atoms with Gasteiger partial charge in [-0.3, -0.25) is 0 Å². The molecule has 3 N–H and O–H groups in total. The number of carbonyl (C=O) groups excluding carboxylic acids is 1. The summed E-state index contributed by atoms with van der Waals surface area (Å²) in [5, 5.41) is 14.1. The van der Waals surface area contributed by atoms with Crippen LogP contribution in [0.15, 0.2) is 0 Å². The van der Waals surface area contributed by atoms with E-state index in [1.165, 1.54) is 0 Å². The van der Waals surface area contributed by atoms with Crippen molar-refractivity contribution in [2.75, 3.05) is 0 Å². The highest BCUT2D eigenvalue weighted by Gasteiger charge is 2.19. The van der Waals surface area contributed by atoms with Crippen LogP contribution >= 0.6 is 0 Å². The molecule has 100 valence electrons. The Kier molecular flexibility index (Phi) is 8.19. The number of unbranched alkanes of at least 4 members (excludes halogenated alkanes) is 1. The van der Waals surface area contributed by atoms with Crippen molar-refractivity contribution in [2.45, 2.75) is 65.0 Å². The summed E-state index contributed by atoms with van der Waals surface area (Å²) < 4.78 is 0. The minimum absolute atomic E-state index is 0.0750. The number of nitrogens with one attached hydrogen (secondary N) is 2. The molecule has 0 aliphatic heterocycles. The number of carbonyl (C=O) groups is 2. The van der Waals surface area contributed by atoms with Gasteiger partial charge in [-0.1, -0.05) is 33.1 Å². The zero-order valence-electron chi connectivity index (χ0n) is 11.0. The molecule has 5 heteroatoms. The van der Waals surface area contributed by atoms with Crippen molar-refractivity contribution in [1.29, 1.82) is 0 Å². The molecule has 2 atom stereocenters. The maximum Gasteiger partial charge on any atom is 0.326 e. The number of urea groups is 1. The van der Waals surface area contributed by atoms with Crippen LogP contribution in [-0.2, 0) is 4.79 Å². The summed E-state index contributed by atoms with van der Waals surface area (Å²) in [5.41, 5.74) is 0. The first kappa shape index (κ1) is 15.7. The number of carboxylic acid groups (broad SMARTS) is 1. The van der Waals surface area contributed by atoms with Crippen molar-refractivity contribution in [3.05, 3.63) is 0 Å². The van der Waals surface area contributed by atoms with Crippen LogP contribution in [0.3, 0.4) is 0 Å². The SMILES string of the molecule is CCCCC(C)NC(=O)N[C@@H](CCC)C(=O)O. The molecule has 0 saturated heterocycles. The fraction of sp³-hybridized carbons (Fsp3) is 0.833. The van der Waals surface area contributed by atoms with Crippen LogP contribution in [0.1, 0.15) is 52.9 Å². The van der Waals surface area contributed by atoms with E-state index < -0.39 is 18.0 Å². The topological polar surface area (TPSA) is 78.4 Å². The summed E-state index contributed by atoms with van der Waals surface area (Å²) >= 11 is 0. The van der Waals surface area contributed by atoms with Crippen LogP contribution in [0.25, 0.3) is 0 Å². The molecule has 0 aromatic rings. The minimum atomic E-state index is -0.983. The van der Waals surface area contributed by atoms with Gasteiger partial charge in [0.1, 0.15) is 6.04 Å². The van der Waals surface area contributed by atoms with Gasteiger partial charge in [0.05, 0.1) is 0 Å². The first-order chi connectivity index (χ1) is 8.01. The highest BCUT2D eigenvalue weighted by Crippen LogP contribution is 2.00. The molecule has 0 fully saturated rings. The van der Waals surface area contributed by atoms with Crippen LogP contribution in [-0.4, -0.2) is 29.2 Å². The number of hydrogen-bond acceptors (Lipinski definition) is 2. The van der Waals surface area contributed by atoms with E-state index in [9.17, 15) is 9.59 Å². The number of aliphatic carboxylic acids is 1. The molecule has 17 heavy (non-hydrogen) atoms. The van der Waals surface area contributed by atoms with Gasteiger partial charge in [-0.2, -0.15) is 0 Å². The van der Waals surface area contributed by atoms with Crippen LogP contribution in [0.2, 0.25) is 0 Å². The summed E-state index contributed by atoms with van der Waals surface area (Å²) in [6, 6.07) is -1.11. The quantitative estimate of drug-likeness (QED) is 0.612. The standard InChI is InChI=1S/C12H24N2O3/c1-4-6-8-9(3)13-12(17)14-10(7-5-2)11(15)16/h9-10H,4-8H2,1-3H3,(H,15,16)(H2,13,14,17)/t9?,10-/m0/s1. The summed E-state index contributed by atoms with van der Waals surface area (Å²) in [7, 11) is 0. The zero-order valence-corrected chi connectivity index (χ0v) is 11.0. The molecule has 0 bridgehead atoms. The maximum atomic E-state index is 11.5. The average molecular weight is 244 g/mol. The second kappa shape index (κ2) is 8.84.